The molecule has 2 aromatic carbocycles. The maximum Gasteiger partial charge on any atom is 0.188 e. The van der Waals surface area contributed by atoms with E-state index in [0.717, 1.165) is 40.9 Å². The number of likely N-dealkylation sites (N-methyl/N-ethyl adjacent to an activating group) is 1. The maximum absolute atomic E-state index is 13.7. The number of nitrogens with zero attached hydrogens (tertiary/aromatic N) is 1. The Balaban J connectivity index is 1.80. The minimum atomic E-state index is 0.0679. The molecule has 2 fully saturated rings. The van der Waals surface area contributed by atoms with Crippen LogP contribution in [0.3, 0.4) is 0 Å². The summed E-state index contributed by atoms with van der Waals surface area (Å²) in [6, 6.07) is 11.4. The van der Waals surface area contributed by atoms with Crippen LogP contribution in [0.15, 0.2) is 47.5 Å². The number of ketones is 1. The number of carbonyl (C=O) groups is 1. The molecular formula is C26H29NO5. The minimum Gasteiger partial charge on any atom is -0.497 e. The van der Waals surface area contributed by atoms with Gasteiger partial charge in [-0.05, 0) is 62.4 Å². The predicted octanol–water partition coefficient (Wildman–Crippen LogP) is 4.23. The van der Waals surface area contributed by atoms with Gasteiger partial charge in [-0.15, -0.1) is 0 Å². The van der Waals surface area contributed by atoms with E-state index in [2.05, 4.69) is 11.9 Å². The van der Waals surface area contributed by atoms with Crippen LogP contribution < -0.4 is 18.9 Å². The molecule has 0 aromatic heterocycles. The fourth-order valence-electron chi connectivity index (χ4n) is 4.71. The van der Waals surface area contributed by atoms with E-state index in [9.17, 15) is 4.79 Å². The zero-order valence-corrected chi connectivity index (χ0v) is 19.2. The standard InChI is InChI=1S/C26H29NO5/c1-27-22-9-10-23(27)21(14-17-12-18(29-2)8-11-24(17)31-4)26(28)20(22)13-16-6-7-19(30-3)15-25(16)32-5/h6-8,11-15,22-23H,9-10H2,1-5H3. The number of hydrogen-bond acceptors (Lipinski definition) is 6. The number of ether oxygens (including phenoxy) is 4. The van der Waals surface area contributed by atoms with Gasteiger partial charge < -0.3 is 18.9 Å². The molecule has 2 aliphatic heterocycles. The van der Waals surface area contributed by atoms with Gasteiger partial charge in [0.2, 0.25) is 0 Å². The molecule has 2 heterocycles. The lowest BCUT2D eigenvalue weighted by atomic mass is 9.88. The molecule has 2 bridgehead atoms. The van der Waals surface area contributed by atoms with E-state index in [4.69, 9.17) is 18.9 Å². The highest BCUT2D eigenvalue weighted by Gasteiger charge is 2.44. The summed E-state index contributed by atoms with van der Waals surface area (Å²) >= 11 is 0. The Morgan fingerprint density at radius 3 is 1.91 bits per heavy atom. The van der Waals surface area contributed by atoms with E-state index in [0.29, 0.717) is 17.2 Å². The SMILES string of the molecule is COc1ccc(OC)c(C=C2C(=O)C(=Cc3ccc(OC)cc3OC)C3CCC2N3C)c1. The van der Waals surface area contributed by atoms with Crippen molar-refractivity contribution in [3.05, 3.63) is 58.7 Å². The second-order valence-corrected chi connectivity index (χ2v) is 8.02. The molecular weight excluding hydrogens is 406 g/mol. The zero-order chi connectivity index (χ0) is 22.8. The van der Waals surface area contributed by atoms with Gasteiger partial charge in [-0.2, -0.15) is 0 Å². The monoisotopic (exact) mass is 435 g/mol. The summed E-state index contributed by atoms with van der Waals surface area (Å²) in [4.78, 5) is 16.0. The van der Waals surface area contributed by atoms with Crippen molar-refractivity contribution in [2.45, 2.75) is 24.9 Å². The number of hydrogen-bond donors (Lipinski definition) is 0. The van der Waals surface area contributed by atoms with Gasteiger partial charge in [-0.3, -0.25) is 9.69 Å². The quantitative estimate of drug-likeness (QED) is 0.633. The molecule has 0 amide bonds. The zero-order valence-electron chi connectivity index (χ0n) is 19.2. The molecule has 0 N–H and O–H groups in total. The van der Waals surface area contributed by atoms with Crippen LogP contribution in [0.1, 0.15) is 24.0 Å². The fraction of sp³-hybridized carbons (Fsp3) is 0.346. The maximum atomic E-state index is 13.7. The average molecular weight is 436 g/mol. The third-order valence-corrected chi connectivity index (χ3v) is 6.44. The molecule has 6 nitrogen and oxygen atoms in total. The summed E-state index contributed by atoms with van der Waals surface area (Å²) in [7, 11) is 8.59. The Kier molecular flexibility index (Phi) is 6.24. The van der Waals surface area contributed by atoms with Crippen molar-refractivity contribution in [3.63, 3.8) is 0 Å². The van der Waals surface area contributed by atoms with Crippen LogP contribution in [-0.4, -0.2) is 58.3 Å². The number of benzene rings is 2. The number of rotatable bonds is 6. The van der Waals surface area contributed by atoms with Crippen molar-refractivity contribution < 1.29 is 23.7 Å². The van der Waals surface area contributed by atoms with E-state index in [1.165, 1.54) is 0 Å². The largest absolute Gasteiger partial charge is 0.497 e. The van der Waals surface area contributed by atoms with Crippen LogP contribution in [0, 0.1) is 0 Å². The molecule has 0 radical (unpaired) electrons. The molecule has 32 heavy (non-hydrogen) atoms. The topological polar surface area (TPSA) is 57.2 Å². The third-order valence-electron chi connectivity index (χ3n) is 6.44. The number of methoxy groups -OCH3 is 4. The Morgan fingerprint density at radius 1 is 0.750 bits per heavy atom. The molecule has 0 aliphatic carbocycles. The van der Waals surface area contributed by atoms with Gasteiger partial charge in [0.25, 0.3) is 0 Å². The summed E-state index contributed by atoms with van der Waals surface area (Å²) in [6.07, 6.45) is 5.78. The molecule has 2 aliphatic rings. The Morgan fingerprint density at radius 2 is 1.31 bits per heavy atom. The molecule has 0 saturated carbocycles. The van der Waals surface area contributed by atoms with Crippen molar-refractivity contribution in [1.82, 2.24) is 4.90 Å². The van der Waals surface area contributed by atoms with Crippen molar-refractivity contribution >= 4 is 17.9 Å². The molecule has 2 saturated heterocycles. The normalized spacial score (nSPS) is 23.0. The van der Waals surface area contributed by atoms with Gasteiger partial charge in [-0.1, -0.05) is 0 Å². The lowest BCUT2D eigenvalue weighted by Gasteiger charge is -2.34. The third kappa shape index (κ3) is 3.86. The summed E-state index contributed by atoms with van der Waals surface area (Å²) < 4.78 is 21.8. The molecule has 6 heteroatoms. The number of carbonyl (C=O) groups excluding carboxylic acids is 1. The van der Waals surface area contributed by atoms with Crippen LogP contribution in [0.5, 0.6) is 23.0 Å². The van der Waals surface area contributed by atoms with Crippen molar-refractivity contribution in [2.75, 3.05) is 35.5 Å². The van der Waals surface area contributed by atoms with E-state index >= 15 is 0 Å². The highest BCUT2D eigenvalue weighted by molar-refractivity contribution is 6.16. The Labute approximate surface area is 189 Å². The average Bonchev–Trinajstić information content (AvgIpc) is 3.14. The summed E-state index contributed by atoms with van der Waals surface area (Å²) in [5.41, 5.74) is 3.23. The minimum absolute atomic E-state index is 0.0679. The summed E-state index contributed by atoms with van der Waals surface area (Å²) in [6.45, 7) is 0. The molecule has 168 valence electrons. The first-order valence-electron chi connectivity index (χ1n) is 10.6. The smallest absolute Gasteiger partial charge is 0.188 e. The van der Waals surface area contributed by atoms with Crippen molar-refractivity contribution in [3.8, 4) is 23.0 Å². The van der Waals surface area contributed by atoms with Gasteiger partial charge in [-0.25, -0.2) is 0 Å². The van der Waals surface area contributed by atoms with Crippen LogP contribution in [0.2, 0.25) is 0 Å². The molecule has 0 spiro atoms. The van der Waals surface area contributed by atoms with Gasteiger partial charge in [0.15, 0.2) is 5.78 Å². The van der Waals surface area contributed by atoms with Crippen LogP contribution in [0.4, 0.5) is 0 Å². The first kappa shape index (κ1) is 22.0. The number of fused-ring (bicyclic) bond motifs is 2. The van der Waals surface area contributed by atoms with Gasteiger partial charge >= 0.3 is 0 Å². The van der Waals surface area contributed by atoms with Crippen molar-refractivity contribution in [1.29, 1.82) is 0 Å². The van der Waals surface area contributed by atoms with Gasteiger partial charge in [0, 0.05) is 40.4 Å². The lowest BCUT2D eigenvalue weighted by Crippen LogP contribution is -2.43. The molecule has 2 unspecified atom stereocenters. The van der Waals surface area contributed by atoms with E-state index < -0.39 is 0 Å². The summed E-state index contributed by atoms with van der Waals surface area (Å²) in [5, 5.41) is 0. The summed E-state index contributed by atoms with van der Waals surface area (Å²) in [5.74, 6) is 2.88. The van der Waals surface area contributed by atoms with Crippen molar-refractivity contribution in [2.24, 2.45) is 0 Å². The van der Waals surface area contributed by atoms with E-state index in [1.807, 2.05) is 48.6 Å². The van der Waals surface area contributed by atoms with Crippen LogP contribution in [0.25, 0.3) is 12.2 Å². The second kappa shape index (κ2) is 9.09. The van der Waals surface area contributed by atoms with Gasteiger partial charge in [0.1, 0.15) is 23.0 Å². The molecule has 4 rings (SSSR count). The Hall–Kier alpha value is -3.25. The number of piperidine rings is 1. The molecule has 2 atom stereocenters. The Bertz CT molecular complexity index is 1090. The highest BCUT2D eigenvalue weighted by atomic mass is 16.5. The number of Topliss-reactive ketones (excluding diaryl/α,β-unsaturated/α-hetero) is 1. The first-order valence-corrected chi connectivity index (χ1v) is 10.6. The fourth-order valence-corrected chi connectivity index (χ4v) is 4.71. The lowest BCUT2D eigenvalue weighted by molar-refractivity contribution is -0.114. The highest BCUT2D eigenvalue weighted by Crippen LogP contribution is 2.42. The van der Waals surface area contributed by atoms with E-state index in [-0.39, 0.29) is 17.9 Å². The van der Waals surface area contributed by atoms with Gasteiger partial charge in [0.05, 0.1) is 28.4 Å². The van der Waals surface area contributed by atoms with Crippen LogP contribution in [-0.2, 0) is 4.79 Å². The second-order valence-electron chi connectivity index (χ2n) is 8.02. The molecule has 2 aromatic rings. The van der Waals surface area contributed by atoms with Crippen LogP contribution >= 0.6 is 0 Å². The van der Waals surface area contributed by atoms with E-state index in [1.54, 1.807) is 28.4 Å². The first-order chi connectivity index (χ1) is 15.5. The predicted molar refractivity (Wildman–Crippen MR) is 125 cm³/mol.